The minimum Gasteiger partial charge on any atom is -0.298 e. The Kier molecular flexibility index (Phi) is 2.67. The highest BCUT2D eigenvalue weighted by Gasteiger charge is 2.03. The first-order chi connectivity index (χ1) is 8.43. The Morgan fingerprint density at radius 2 is 2.00 bits per heavy atom. The highest BCUT2D eigenvalue weighted by molar-refractivity contribution is 7.15. The summed E-state index contributed by atoms with van der Waals surface area (Å²) in [6.07, 6.45) is 14.2. The molecule has 0 spiro atoms. The molecular formula is C12H10N4S. The van der Waals surface area contributed by atoms with Crippen LogP contribution in [0, 0.1) is 0 Å². The smallest absolute Gasteiger partial charge is 0.193 e. The van der Waals surface area contributed by atoms with E-state index in [2.05, 4.69) is 21.0 Å². The molecule has 4 nitrogen and oxygen atoms in total. The zero-order chi connectivity index (χ0) is 11.5. The van der Waals surface area contributed by atoms with Gasteiger partial charge in [-0.25, -0.2) is 4.98 Å². The number of fused-ring (bicyclic) bond motifs is 2. The second-order valence-corrected chi connectivity index (χ2v) is 4.39. The van der Waals surface area contributed by atoms with Gasteiger partial charge in [0.15, 0.2) is 4.96 Å². The molecule has 5 heteroatoms. The van der Waals surface area contributed by atoms with Crippen molar-refractivity contribution in [3.05, 3.63) is 53.8 Å². The zero-order valence-electron chi connectivity index (χ0n) is 9.02. The molecule has 0 bridgehead atoms. The third-order valence-corrected chi connectivity index (χ3v) is 3.21. The van der Waals surface area contributed by atoms with Crippen LogP contribution in [0.15, 0.2) is 42.4 Å². The van der Waals surface area contributed by atoms with Crippen molar-refractivity contribution in [2.24, 2.45) is 0 Å². The minimum absolute atomic E-state index is 0.948. The number of rotatable bonds is 0. The van der Waals surface area contributed by atoms with Gasteiger partial charge in [-0.2, -0.15) is 0 Å². The molecule has 0 fully saturated rings. The van der Waals surface area contributed by atoms with Gasteiger partial charge >= 0.3 is 0 Å². The Bertz CT molecular complexity index is 602. The average Bonchev–Trinajstić information content (AvgIpc) is 3.06. The molecule has 0 saturated heterocycles. The summed E-state index contributed by atoms with van der Waals surface area (Å²) < 4.78 is 1.99. The maximum atomic E-state index is 4.13. The van der Waals surface area contributed by atoms with Crippen molar-refractivity contribution in [2.75, 3.05) is 0 Å². The molecule has 84 valence electrons. The topological polar surface area (TPSA) is 43.1 Å². The predicted octanol–water partition coefficient (Wildman–Crippen LogP) is 2.44. The van der Waals surface area contributed by atoms with Gasteiger partial charge in [-0.1, -0.05) is 6.08 Å². The van der Waals surface area contributed by atoms with Crippen molar-refractivity contribution >= 4 is 22.4 Å². The van der Waals surface area contributed by atoms with E-state index in [1.807, 2.05) is 28.3 Å². The third-order valence-electron chi connectivity index (χ3n) is 2.42. The van der Waals surface area contributed by atoms with Crippen LogP contribution in [-0.2, 0) is 6.42 Å². The van der Waals surface area contributed by atoms with Crippen molar-refractivity contribution < 1.29 is 0 Å². The lowest BCUT2D eigenvalue weighted by atomic mass is 10.3. The third kappa shape index (κ3) is 2.09. The number of thiazole rings is 1. The van der Waals surface area contributed by atoms with Crippen molar-refractivity contribution in [3.8, 4) is 0 Å². The first-order valence-corrected chi connectivity index (χ1v) is 6.14. The van der Waals surface area contributed by atoms with Crippen LogP contribution in [0.1, 0.15) is 11.4 Å². The summed E-state index contributed by atoms with van der Waals surface area (Å²) in [5.74, 6) is 0. The Morgan fingerprint density at radius 1 is 1.06 bits per heavy atom. The van der Waals surface area contributed by atoms with Gasteiger partial charge in [0.2, 0.25) is 0 Å². The summed E-state index contributed by atoms with van der Waals surface area (Å²) in [7, 11) is 0. The lowest BCUT2D eigenvalue weighted by molar-refractivity contribution is 1.07. The SMILES string of the molecule is C1=Cc2nccnc2C1.c1cn2ccsc2n1. The molecule has 0 radical (unpaired) electrons. The maximum Gasteiger partial charge on any atom is 0.193 e. The van der Waals surface area contributed by atoms with E-state index in [0.29, 0.717) is 0 Å². The molecule has 4 rings (SSSR count). The molecule has 0 N–H and O–H groups in total. The number of imidazole rings is 1. The lowest BCUT2D eigenvalue weighted by Gasteiger charge is -1.91. The molecular weight excluding hydrogens is 232 g/mol. The van der Waals surface area contributed by atoms with Gasteiger partial charge in [-0.3, -0.25) is 14.4 Å². The number of nitrogens with zero attached hydrogens (tertiary/aromatic N) is 4. The van der Waals surface area contributed by atoms with E-state index in [4.69, 9.17) is 0 Å². The fourth-order valence-electron chi connectivity index (χ4n) is 1.62. The standard InChI is InChI=1S/C7H6N2.C5H4N2S/c1-2-6-7(3-1)9-5-4-8-6;1-2-7-3-4-8-5(7)6-1/h1-2,4-5H,3H2;1-4H. The van der Waals surface area contributed by atoms with E-state index in [9.17, 15) is 0 Å². The van der Waals surface area contributed by atoms with Gasteiger partial charge < -0.3 is 0 Å². The van der Waals surface area contributed by atoms with Crippen LogP contribution in [0.25, 0.3) is 11.0 Å². The molecule has 0 amide bonds. The van der Waals surface area contributed by atoms with Gasteiger partial charge in [-0.05, 0) is 6.08 Å². The lowest BCUT2D eigenvalue weighted by Crippen LogP contribution is -1.88. The summed E-state index contributed by atoms with van der Waals surface area (Å²) in [5, 5.41) is 2.02. The summed E-state index contributed by atoms with van der Waals surface area (Å²) in [6.45, 7) is 0. The van der Waals surface area contributed by atoms with Crippen LogP contribution in [-0.4, -0.2) is 19.4 Å². The Hall–Kier alpha value is -2.01. The molecule has 0 unspecified atom stereocenters. The number of hydrogen-bond acceptors (Lipinski definition) is 4. The molecule has 0 saturated carbocycles. The largest absolute Gasteiger partial charge is 0.298 e. The van der Waals surface area contributed by atoms with E-state index >= 15 is 0 Å². The molecule has 0 aliphatic heterocycles. The zero-order valence-corrected chi connectivity index (χ0v) is 9.84. The van der Waals surface area contributed by atoms with Gasteiger partial charge in [0, 0.05) is 42.8 Å². The second kappa shape index (κ2) is 4.47. The fraction of sp³-hybridized carbons (Fsp3) is 0.0833. The predicted molar refractivity (Wildman–Crippen MR) is 67.8 cm³/mol. The summed E-state index contributed by atoms with van der Waals surface area (Å²) >= 11 is 1.65. The van der Waals surface area contributed by atoms with Crippen molar-refractivity contribution in [3.63, 3.8) is 0 Å². The van der Waals surface area contributed by atoms with Crippen LogP contribution in [0.5, 0.6) is 0 Å². The fourth-order valence-corrected chi connectivity index (χ4v) is 2.30. The molecule has 3 aromatic rings. The molecule has 1 aliphatic carbocycles. The normalized spacial score (nSPS) is 12.2. The van der Waals surface area contributed by atoms with E-state index in [-0.39, 0.29) is 0 Å². The first kappa shape index (κ1) is 10.2. The van der Waals surface area contributed by atoms with Crippen LogP contribution in [0.4, 0.5) is 0 Å². The highest BCUT2D eigenvalue weighted by atomic mass is 32.1. The van der Waals surface area contributed by atoms with Crippen molar-refractivity contribution in [1.29, 1.82) is 0 Å². The van der Waals surface area contributed by atoms with Gasteiger partial charge in [0.1, 0.15) is 0 Å². The number of allylic oxidation sites excluding steroid dienone is 1. The van der Waals surface area contributed by atoms with E-state index in [0.717, 1.165) is 22.8 Å². The monoisotopic (exact) mass is 242 g/mol. The van der Waals surface area contributed by atoms with Gasteiger partial charge in [-0.15, -0.1) is 11.3 Å². The molecule has 17 heavy (non-hydrogen) atoms. The molecule has 1 aliphatic rings. The second-order valence-electron chi connectivity index (χ2n) is 3.51. The molecule has 0 atom stereocenters. The number of aromatic nitrogens is 4. The molecule has 3 aromatic heterocycles. The summed E-state index contributed by atoms with van der Waals surface area (Å²) in [6, 6.07) is 0. The van der Waals surface area contributed by atoms with Crippen molar-refractivity contribution in [1.82, 2.24) is 19.4 Å². The van der Waals surface area contributed by atoms with E-state index < -0.39 is 0 Å². The number of hydrogen-bond donors (Lipinski definition) is 0. The molecule has 3 heterocycles. The van der Waals surface area contributed by atoms with Crippen molar-refractivity contribution in [2.45, 2.75) is 6.42 Å². The van der Waals surface area contributed by atoms with Gasteiger partial charge in [0.05, 0.1) is 11.4 Å². The molecule has 0 aromatic carbocycles. The Balaban J connectivity index is 0.000000107. The van der Waals surface area contributed by atoms with Crippen LogP contribution in [0.2, 0.25) is 0 Å². The highest BCUT2D eigenvalue weighted by Crippen LogP contribution is 2.11. The van der Waals surface area contributed by atoms with E-state index in [1.54, 1.807) is 29.9 Å². The van der Waals surface area contributed by atoms with Crippen LogP contribution >= 0.6 is 11.3 Å². The average molecular weight is 242 g/mol. The van der Waals surface area contributed by atoms with Crippen LogP contribution < -0.4 is 0 Å². The summed E-state index contributed by atoms with van der Waals surface area (Å²) in [5.41, 5.74) is 2.12. The quantitative estimate of drug-likeness (QED) is 0.608. The van der Waals surface area contributed by atoms with Crippen LogP contribution in [0.3, 0.4) is 0 Å². The van der Waals surface area contributed by atoms with E-state index in [1.165, 1.54) is 0 Å². The maximum absolute atomic E-state index is 4.13. The van der Waals surface area contributed by atoms with Gasteiger partial charge in [0.25, 0.3) is 0 Å². The Morgan fingerprint density at radius 3 is 2.88 bits per heavy atom. The summed E-state index contributed by atoms with van der Waals surface area (Å²) in [4.78, 5) is 13.4. The minimum atomic E-state index is 0.948. The Labute approximate surface area is 102 Å². The first-order valence-electron chi connectivity index (χ1n) is 5.26.